The van der Waals surface area contributed by atoms with Crippen molar-refractivity contribution in [2.75, 3.05) is 13.7 Å². The van der Waals surface area contributed by atoms with Gasteiger partial charge < -0.3 is 14.6 Å². The highest BCUT2D eigenvalue weighted by Gasteiger charge is 2.05. The van der Waals surface area contributed by atoms with Gasteiger partial charge in [0.25, 0.3) is 0 Å². The van der Waals surface area contributed by atoms with E-state index in [2.05, 4.69) is 13.8 Å². The van der Waals surface area contributed by atoms with Gasteiger partial charge in [-0.3, -0.25) is 4.79 Å². The maximum atomic E-state index is 11.6. The summed E-state index contributed by atoms with van der Waals surface area (Å²) in [6.07, 6.45) is 6.51. The van der Waals surface area contributed by atoms with Gasteiger partial charge in [-0.2, -0.15) is 0 Å². The summed E-state index contributed by atoms with van der Waals surface area (Å²) in [5.74, 6) is 1.25. The van der Waals surface area contributed by atoms with Crippen molar-refractivity contribution >= 4 is 5.97 Å². The molecular weight excluding hydrogens is 292 g/mol. The number of ether oxygens (including phenoxy) is 2. The zero-order valence-corrected chi connectivity index (χ0v) is 14.6. The highest BCUT2D eigenvalue weighted by Crippen LogP contribution is 2.26. The second kappa shape index (κ2) is 10.9. The highest BCUT2D eigenvalue weighted by molar-refractivity contribution is 5.69. The van der Waals surface area contributed by atoms with Crippen molar-refractivity contribution in [1.82, 2.24) is 0 Å². The number of carbonyl (C=O) groups is 1. The zero-order chi connectivity index (χ0) is 17.1. The van der Waals surface area contributed by atoms with Crippen LogP contribution >= 0.6 is 0 Å². The third-order valence-electron chi connectivity index (χ3n) is 3.78. The molecule has 0 aliphatic rings. The Labute approximate surface area is 139 Å². The van der Waals surface area contributed by atoms with Crippen molar-refractivity contribution in [3.8, 4) is 11.5 Å². The van der Waals surface area contributed by atoms with E-state index in [9.17, 15) is 9.90 Å². The summed E-state index contributed by atoms with van der Waals surface area (Å²) in [5, 5.41) is 9.54. The number of aryl methyl sites for hydroxylation is 1. The van der Waals surface area contributed by atoms with Crippen LogP contribution in [0.2, 0.25) is 0 Å². The molecule has 0 saturated carbocycles. The van der Waals surface area contributed by atoms with E-state index < -0.39 is 0 Å². The number of phenolic OH excluding ortho intramolecular Hbond substituents is 1. The molecule has 0 aromatic heterocycles. The number of phenols is 1. The molecular formula is C19H30O4. The van der Waals surface area contributed by atoms with Crippen LogP contribution < -0.4 is 4.74 Å². The molecule has 1 aromatic carbocycles. The lowest BCUT2D eigenvalue weighted by atomic mass is 10.0. The first-order valence-corrected chi connectivity index (χ1v) is 8.54. The Kier molecular flexibility index (Phi) is 9.18. The van der Waals surface area contributed by atoms with Gasteiger partial charge in [0.05, 0.1) is 13.7 Å². The summed E-state index contributed by atoms with van der Waals surface area (Å²) < 4.78 is 10.3. The maximum absolute atomic E-state index is 11.6. The lowest BCUT2D eigenvalue weighted by molar-refractivity contribution is -0.143. The molecule has 0 atom stereocenters. The van der Waals surface area contributed by atoms with Crippen LogP contribution in [-0.2, 0) is 16.0 Å². The molecule has 0 radical (unpaired) electrons. The van der Waals surface area contributed by atoms with E-state index in [0.717, 1.165) is 37.2 Å². The Morgan fingerprint density at radius 3 is 2.65 bits per heavy atom. The van der Waals surface area contributed by atoms with Crippen molar-refractivity contribution < 1.29 is 19.4 Å². The van der Waals surface area contributed by atoms with E-state index in [1.807, 2.05) is 12.1 Å². The molecule has 0 spiro atoms. The van der Waals surface area contributed by atoms with E-state index in [4.69, 9.17) is 9.47 Å². The zero-order valence-electron chi connectivity index (χ0n) is 14.6. The van der Waals surface area contributed by atoms with Gasteiger partial charge in [0.2, 0.25) is 0 Å². The van der Waals surface area contributed by atoms with Gasteiger partial charge in [-0.15, -0.1) is 0 Å². The van der Waals surface area contributed by atoms with Gasteiger partial charge in [0.1, 0.15) is 0 Å². The van der Waals surface area contributed by atoms with E-state index >= 15 is 0 Å². The molecule has 1 rings (SSSR count). The number of benzene rings is 1. The molecule has 1 N–H and O–H groups in total. The monoisotopic (exact) mass is 322 g/mol. The first kappa shape index (κ1) is 19.3. The number of unbranched alkanes of at least 4 members (excludes halogenated alkanes) is 2. The lowest BCUT2D eigenvalue weighted by Crippen LogP contribution is -2.06. The van der Waals surface area contributed by atoms with Crippen molar-refractivity contribution in [2.45, 2.75) is 58.8 Å². The van der Waals surface area contributed by atoms with Crippen LogP contribution in [0.5, 0.6) is 11.5 Å². The number of rotatable bonds is 11. The topological polar surface area (TPSA) is 55.8 Å². The fourth-order valence-corrected chi connectivity index (χ4v) is 2.41. The van der Waals surface area contributed by atoms with E-state index in [0.29, 0.717) is 18.8 Å². The summed E-state index contributed by atoms with van der Waals surface area (Å²) in [7, 11) is 1.53. The van der Waals surface area contributed by atoms with Gasteiger partial charge in [0, 0.05) is 6.42 Å². The molecule has 0 unspecified atom stereocenters. The van der Waals surface area contributed by atoms with Crippen LogP contribution in [0.3, 0.4) is 0 Å². The van der Waals surface area contributed by atoms with Crippen LogP contribution in [-0.4, -0.2) is 24.8 Å². The molecule has 0 fully saturated rings. The SMILES string of the molecule is COc1cc(CCCOC(=O)CCCCCC(C)C)ccc1O. The molecule has 0 aliphatic carbocycles. The summed E-state index contributed by atoms with van der Waals surface area (Å²) in [6.45, 7) is 4.88. The van der Waals surface area contributed by atoms with Crippen LogP contribution in [0.15, 0.2) is 18.2 Å². The third kappa shape index (κ3) is 8.48. The second-order valence-corrected chi connectivity index (χ2v) is 6.32. The van der Waals surface area contributed by atoms with Gasteiger partial charge in [-0.1, -0.05) is 39.2 Å². The number of methoxy groups -OCH3 is 1. The Morgan fingerprint density at radius 2 is 1.96 bits per heavy atom. The Bertz CT molecular complexity index is 468. The van der Waals surface area contributed by atoms with E-state index in [1.165, 1.54) is 20.0 Å². The quantitative estimate of drug-likeness (QED) is 0.482. The molecule has 0 amide bonds. The Hall–Kier alpha value is -1.71. The molecule has 4 nitrogen and oxygen atoms in total. The summed E-state index contributed by atoms with van der Waals surface area (Å²) in [4.78, 5) is 11.6. The maximum Gasteiger partial charge on any atom is 0.305 e. The summed E-state index contributed by atoms with van der Waals surface area (Å²) >= 11 is 0. The Morgan fingerprint density at radius 1 is 1.17 bits per heavy atom. The standard InChI is InChI=1S/C19H30O4/c1-15(2)8-5-4-6-10-19(21)23-13-7-9-16-11-12-17(20)18(14-16)22-3/h11-12,14-15,20H,4-10,13H2,1-3H3. The predicted molar refractivity (Wildman–Crippen MR) is 91.9 cm³/mol. The number of hydrogen-bond donors (Lipinski definition) is 1. The normalized spacial score (nSPS) is 10.8. The molecule has 23 heavy (non-hydrogen) atoms. The third-order valence-corrected chi connectivity index (χ3v) is 3.78. The number of esters is 1. The molecule has 0 bridgehead atoms. The average Bonchev–Trinajstić information content (AvgIpc) is 2.52. The van der Waals surface area contributed by atoms with Crippen molar-refractivity contribution in [3.63, 3.8) is 0 Å². The lowest BCUT2D eigenvalue weighted by Gasteiger charge is -2.08. The first-order valence-electron chi connectivity index (χ1n) is 8.54. The highest BCUT2D eigenvalue weighted by atomic mass is 16.5. The fraction of sp³-hybridized carbons (Fsp3) is 0.632. The number of hydrogen-bond acceptors (Lipinski definition) is 4. The minimum atomic E-state index is -0.0992. The summed E-state index contributed by atoms with van der Waals surface area (Å²) in [6, 6.07) is 5.29. The minimum Gasteiger partial charge on any atom is -0.504 e. The second-order valence-electron chi connectivity index (χ2n) is 6.32. The molecule has 0 saturated heterocycles. The molecule has 130 valence electrons. The van der Waals surface area contributed by atoms with E-state index in [1.54, 1.807) is 6.07 Å². The molecule has 0 heterocycles. The van der Waals surface area contributed by atoms with Crippen LogP contribution in [0, 0.1) is 5.92 Å². The molecule has 4 heteroatoms. The van der Waals surface area contributed by atoms with Crippen LogP contribution in [0.25, 0.3) is 0 Å². The predicted octanol–water partition coefficient (Wildman–Crippen LogP) is 4.48. The first-order chi connectivity index (χ1) is 11.0. The van der Waals surface area contributed by atoms with Gasteiger partial charge in [0.15, 0.2) is 11.5 Å². The fourth-order valence-electron chi connectivity index (χ4n) is 2.41. The average molecular weight is 322 g/mol. The van der Waals surface area contributed by atoms with E-state index in [-0.39, 0.29) is 11.7 Å². The molecule has 1 aromatic rings. The largest absolute Gasteiger partial charge is 0.504 e. The van der Waals surface area contributed by atoms with Gasteiger partial charge in [-0.25, -0.2) is 0 Å². The summed E-state index contributed by atoms with van der Waals surface area (Å²) in [5.41, 5.74) is 1.06. The number of carbonyl (C=O) groups excluding carboxylic acids is 1. The minimum absolute atomic E-state index is 0.0992. The molecule has 0 aliphatic heterocycles. The van der Waals surface area contributed by atoms with Crippen LogP contribution in [0.1, 0.15) is 57.9 Å². The smallest absolute Gasteiger partial charge is 0.305 e. The van der Waals surface area contributed by atoms with Crippen molar-refractivity contribution in [2.24, 2.45) is 5.92 Å². The van der Waals surface area contributed by atoms with Gasteiger partial charge in [-0.05, 0) is 42.9 Å². The van der Waals surface area contributed by atoms with Crippen molar-refractivity contribution in [3.05, 3.63) is 23.8 Å². The van der Waals surface area contributed by atoms with Crippen molar-refractivity contribution in [1.29, 1.82) is 0 Å². The van der Waals surface area contributed by atoms with Gasteiger partial charge >= 0.3 is 5.97 Å². The van der Waals surface area contributed by atoms with Crippen LogP contribution in [0.4, 0.5) is 0 Å². The number of aromatic hydroxyl groups is 1. The Balaban J connectivity index is 2.11.